The zero-order valence-corrected chi connectivity index (χ0v) is 16.7. The number of benzene rings is 2. The summed E-state index contributed by atoms with van der Waals surface area (Å²) in [6, 6.07) is 11.5. The molecule has 0 aromatic heterocycles. The highest BCUT2D eigenvalue weighted by Gasteiger charge is 2.15. The van der Waals surface area contributed by atoms with E-state index in [1.54, 1.807) is 36.4 Å². The average molecular weight is 422 g/mol. The third kappa shape index (κ3) is 5.45. The maximum Gasteiger partial charge on any atom is 0.255 e. The zero-order chi connectivity index (χ0) is 19.9. The number of carbonyl (C=O) groups excluding carboxylic acids is 2. The summed E-state index contributed by atoms with van der Waals surface area (Å²) in [5.41, 5.74) is 1.19. The number of nitrogens with zero attached hydrogens (tertiary/aromatic N) is 1. The lowest BCUT2D eigenvalue weighted by Crippen LogP contribution is -2.41. The van der Waals surface area contributed by atoms with Crippen LogP contribution in [0.1, 0.15) is 20.7 Å². The van der Waals surface area contributed by atoms with Crippen molar-refractivity contribution in [3.05, 3.63) is 63.6 Å². The largest absolute Gasteiger partial charge is 0.379 e. The second kappa shape index (κ2) is 9.89. The molecule has 1 saturated heterocycles. The van der Waals surface area contributed by atoms with Crippen molar-refractivity contribution in [1.29, 1.82) is 0 Å². The molecule has 1 aliphatic rings. The number of para-hydroxylation sites is 1. The standard InChI is InChI=1S/C20H21Cl2N3O3/c21-16-6-5-14(13-17(16)22)19(26)24-18-4-2-1-3-15(18)20(27)23-7-8-25-9-11-28-12-10-25/h1-6,13H,7-12H2,(H,23,27)(H,24,26). The van der Waals surface area contributed by atoms with Crippen LogP contribution in [0, 0.1) is 0 Å². The molecule has 2 amide bonds. The summed E-state index contributed by atoms with van der Waals surface area (Å²) in [4.78, 5) is 27.3. The van der Waals surface area contributed by atoms with Crippen molar-refractivity contribution in [1.82, 2.24) is 10.2 Å². The van der Waals surface area contributed by atoms with E-state index in [0.717, 1.165) is 32.8 Å². The van der Waals surface area contributed by atoms with E-state index < -0.39 is 0 Å². The summed E-state index contributed by atoms with van der Waals surface area (Å²) >= 11 is 11.9. The van der Waals surface area contributed by atoms with Gasteiger partial charge in [-0.2, -0.15) is 0 Å². The van der Waals surface area contributed by atoms with Crippen molar-refractivity contribution in [2.24, 2.45) is 0 Å². The molecule has 0 saturated carbocycles. The molecule has 0 bridgehead atoms. The van der Waals surface area contributed by atoms with Crippen molar-refractivity contribution < 1.29 is 14.3 Å². The highest BCUT2D eigenvalue weighted by Crippen LogP contribution is 2.23. The summed E-state index contributed by atoms with van der Waals surface area (Å²) in [6.45, 7) is 4.45. The van der Waals surface area contributed by atoms with Crippen molar-refractivity contribution >= 4 is 40.7 Å². The van der Waals surface area contributed by atoms with E-state index in [1.165, 1.54) is 6.07 Å². The van der Waals surface area contributed by atoms with E-state index in [9.17, 15) is 9.59 Å². The summed E-state index contributed by atoms with van der Waals surface area (Å²) in [6.07, 6.45) is 0. The molecule has 0 spiro atoms. The molecule has 0 radical (unpaired) electrons. The van der Waals surface area contributed by atoms with Gasteiger partial charge in [-0.3, -0.25) is 14.5 Å². The van der Waals surface area contributed by atoms with E-state index in [0.29, 0.717) is 33.4 Å². The Bertz CT molecular complexity index is 854. The fraction of sp³-hybridized carbons (Fsp3) is 0.300. The quantitative estimate of drug-likeness (QED) is 0.750. The molecule has 2 aromatic rings. The Morgan fingerprint density at radius 2 is 1.75 bits per heavy atom. The number of hydrogen-bond donors (Lipinski definition) is 2. The highest BCUT2D eigenvalue weighted by atomic mass is 35.5. The molecule has 0 unspecified atom stereocenters. The normalized spacial score (nSPS) is 14.5. The monoisotopic (exact) mass is 421 g/mol. The minimum absolute atomic E-state index is 0.238. The Morgan fingerprint density at radius 3 is 2.50 bits per heavy atom. The molecular formula is C20H21Cl2N3O3. The topological polar surface area (TPSA) is 70.7 Å². The molecule has 1 fully saturated rings. The van der Waals surface area contributed by atoms with Gasteiger partial charge in [0.25, 0.3) is 11.8 Å². The van der Waals surface area contributed by atoms with Crippen LogP contribution in [-0.4, -0.2) is 56.1 Å². The van der Waals surface area contributed by atoms with Gasteiger partial charge in [-0.05, 0) is 30.3 Å². The Kier molecular flexibility index (Phi) is 7.28. The molecular weight excluding hydrogens is 401 g/mol. The van der Waals surface area contributed by atoms with Crippen LogP contribution in [0.25, 0.3) is 0 Å². The maximum absolute atomic E-state index is 12.6. The van der Waals surface area contributed by atoms with Crippen LogP contribution in [0.5, 0.6) is 0 Å². The van der Waals surface area contributed by atoms with E-state index in [2.05, 4.69) is 15.5 Å². The van der Waals surface area contributed by atoms with Crippen LogP contribution in [-0.2, 0) is 4.74 Å². The molecule has 1 aliphatic heterocycles. The first-order valence-corrected chi connectivity index (χ1v) is 9.74. The van der Waals surface area contributed by atoms with Gasteiger partial charge < -0.3 is 15.4 Å². The van der Waals surface area contributed by atoms with Gasteiger partial charge in [-0.25, -0.2) is 0 Å². The van der Waals surface area contributed by atoms with Gasteiger partial charge in [-0.1, -0.05) is 35.3 Å². The molecule has 8 heteroatoms. The first-order valence-electron chi connectivity index (χ1n) is 8.98. The van der Waals surface area contributed by atoms with Crippen LogP contribution in [0.2, 0.25) is 10.0 Å². The summed E-state index contributed by atoms with van der Waals surface area (Å²) < 4.78 is 5.31. The Morgan fingerprint density at radius 1 is 1.00 bits per heavy atom. The maximum atomic E-state index is 12.6. The number of amides is 2. The van der Waals surface area contributed by atoms with Crippen LogP contribution in [0.3, 0.4) is 0 Å². The van der Waals surface area contributed by atoms with Crippen LogP contribution in [0.15, 0.2) is 42.5 Å². The third-order valence-electron chi connectivity index (χ3n) is 4.42. The predicted molar refractivity (Wildman–Crippen MR) is 110 cm³/mol. The molecule has 1 heterocycles. The first kappa shape index (κ1) is 20.6. The molecule has 148 valence electrons. The fourth-order valence-corrected chi connectivity index (χ4v) is 3.17. The summed E-state index contributed by atoms with van der Waals surface area (Å²) in [7, 11) is 0. The Labute approximate surface area is 173 Å². The van der Waals surface area contributed by atoms with Gasteiger partial charge in [0.1, 0.15) is 0 Å². The number of hydrogen-bond acceptors (Lipinski definition) is 4. The SMILES string of the molecule is O=C(Nc1ccccc1C(=O)NCCN1CCOCC1)c1ccc(Cl)c(Cl)c1. The summed E-state index contributed by atoms with van der Waals surface area (Å²) in [5, 5.41) is 6.34. The van der Waals surface area contributed by atoms with E-state index in [-0.39, 0.29) is 11.8 Å². The average Bonchev–Trinajstić information content (AvgIpc) is 2.71. The number of rotatable bonds is 6. The van der Waals surface area contributed by atoms with Gasteiger partial charge in [0, 0.05) is 31.7 Å². The second-order valence-corrected chi connectivity index (χ2v) is 7.15. The number of nitrogens with one attached hydrogen (secondary N) is 2. The number of halogens is 2. The van der Waals surface area contributed by atoms with Crippen LogP contribution < -0.4 is 10.6 Å². The third-order valence-corrected chi connectivity index (χ3v) is 5.16. The minimum atomic E-state index is -0.368. The molecule has 2 aromatic carbocycles. The molecule has 3 rings (SSSR count). The van der Waals surface area contributed by atoms with E-state index in [1.807, 2.05) is 0 Å². The van der Waals surface area contributed by atoms with Gasteiger partial charge in [0.15, 0.2) is 0 Å². The minimum Gasteiger partial charge on any atom is -0.379 e. The predicted octanol–water partition coefficient (Wildman–Crippen LogP) is 3.31. The molecule has 28 heavy (non-hydrogen) atoms. The summed E-state index contributed by atoms with van der Waals surface area (Å²) in [5.74, 6) is -0.606. The molecule has 2 N–H and O–H groups in total. The second-order valence-electron chi connectivity index (χ2n) is 6.34. The van der Waals surface area contributed by atoms with Gasteiger partial charge in [-0.15, -0.1) is 0 Å². The molecule has 6 nitrogen and oxygen atoms in total. The zero-order valence-electron chi connectivity index (χ0n) is 15.2. The smallest absolute Gasteiger partial charge is 0.255 e. The lowest BCUT2D eigenvalue weighted by Gasteiger charge is -2.26. The van der Waals surface area contributed by atoms with Gasteiger partial charge >= 0.3 is 0 Å². The van der Waals surface area contributed by atoms with Gasteiger partial charge in [0.2, 0.25) is 0 Å². The van der Waals surface area contributed by atoms with Crippen molar-refractivity contribution in [2.75, 3.05) is 44.7 Å². The lowest BCUT2D eigenvalue weighted by atomic mass is 10.1. The van der Waals surface area contributed by atoms with Gasteiger partial charge in [0.05, 0.1) is 34.5 Å². The number of ether oxygens (including phenoxy) is 1. The van der Waals surface area contributed by atoms with Crippen LogP contribution in [0.4, 0.5) is 5.69 Å². The van der Waals surface area contributed by atoms with Crippen molar-refractivity contribution in [2.45, 2.75) is 0 Å². The number of carbonyl (C=O) groups is 2. The van der Waals surface area contributed by atoms with E-state index >= 15 is 0 Å². The Hall–Kier alpha value is -2.12. The number of morpholine rings is 1. The Balaban J connectivity index is 1.62. The molecule has 0 aliphatic carbocycles. The van der Waals surface area contributed by atoms with Crippen LogP contribution >= 0.6 is 23.2 Å². The highest BCUT2D eigenvalue weighted by molar-refractivity contribution is 6.42. The van der Waals surface area contributed by atoms with Crippen molar-refractivity contribution in [3.63, 3.8) is 0 Å². The van der Waals surface area contributed by atoms with E-state index in [4.69, 9.17) is 27.9 Å². The van der Waals surface area contributed by atoms with Crippen molar-refractivity contribution in [3.8, 4) is 0 Å². The molecule has 0 atom stereocenters. The first-order chi connectivity index (χ1) is 13.5. The fourth-order valence-electron chi connectivity index (χ4n) is 2.87. The number of anilines is 1. The lowest BCUT2D eigenvalue weighted by molar-refractivity contribution is 0.0383.